The van der Waals surface area contributed by atoms with Crippen molar-refractivity contribution in [1.82, 2.24) is 0 Å². The van der Waals surface area contributed by atoms with Gasteiger partial charge >= 0.3 is 31.0 Å². The molecule has 0 N–H and O–H groups in total. The zero-order valence-electron chi connectivity index (χ0n) is 14.4. The minimum Gasteiger partial charge on any atom is -0.999 e. The van der Waals surface area contributed by atoms with E-state index in [-0.39, 0.29) is 55.3 Å². The molecule has 0 aliphatic rings. The van der Waals surface area contributed by atoms with E-state index >= 15 is 0 Å². The number of hydrogen-bond donors (Lipinski definition) is 0. The van der Waals surface area contributed by atoms with Gasteiger partial charge in [0.2, 0.25) is 0 Å². The molecule has 0 nitrogen and oxygen atoms in total. The predicted molar refractivity (Wildman–Crippen MR) is 101 cm³/mol. The molecule has 0 unspecified atom stereocenters. The van der Waals surface area contributed by atoms with Crippen molar-refractivity contribution in [3.05, 3.63) is 121 Å². The monoisotopic (exact) mass is 518 g/mol. The van der Waals surface area contributed by atoms with Crippen LogP contribution in [0.1, 0.15) is 0 Å². The Labute approximate surface area is 185 Å². The van der Waals surface area contributed by atoms with Crippen LogP contribution in [0.4, 0.5) is 0 Å². The zero-order chi connectivity index (χ0) is 16.8. The van der Waals surface area contributed by atoms with Crippen LogP contribution in [0.5, 0.6) is 0 Å². The van der Waals surface area contributed by atoms with E-state index in [4.69, 9.17) is 0 Å². The first kappa shape index (κ1) is 29.0. The van der Waals surface area contributed by atoms with Crippen LogP contribution in [-0.4, -0.2) is 21.1 Å². The minimum absolute atomic E-state index is 0. The average Bonchev–Trinajstić information content (AvgIpc) is 3.47. The molecule has 0 bridgehead atoms. The van der Waals surface area contributed by atoms with Crippen LogP contribution in [0.15, 0.2) is 97.1 Å². The quantitative estimate of drug-likeness (QED) is 0.211. The summed E-state index contributed by atoms with van der Waals surface area (Å²) in [6.45, 7) is 0. The molecule has 4 aromatic rings. The van der Waals surface area contributed by atoms with Crippen LogP contribution in [-0.2, 0) is 34.1 Å². The van der Waals surface area contributed by atoms with E-state index in [2.05, 4.69) is 34.1 Å². The fourth-order valence-corrected chi connectivity index (χ4v) is 1.14. The molecule has 0 amide bonds. The van der Waals surface area contributed by atoms with Gasteiger partial charge in [-0.15, -0.1) is 0 Å². The minimum atomic E-state index is 0. The summed E-state index contributed by atoms with van der Waals surface area (Å²) < 4.78 is 0. The van der Waals surface area contributed by atoms with Gasteiger partial charge in [0, 0.05) is 34.1 Å². The molecule has 0 aliphatic carbocycles. The van der Waals surface area contributed by atoms with Gasteiger partial charge in [-0.2, -0.15) is 54.6 Å². The van der Waals surface area contributed by atoms with Gasteiger partial charge in [0.05, 0.1) is 0 Å². The Balaban J connectivity index is -0.000000240. The summed E-state index contributed by atoms with van der Waals surface area (Å²) >= 11 is 0.230. The molecule has 0 saturated heterocycles. The summed E-state index contributed by atoms with van der Waals surface area (Å²) in [7, 11) is 0. The van der Waals surface area contributed by atoms with Gasteiger partial charge in [-0.1, -0.05) is 0 Å². The smallest absolute Gasteiger partial charge is 0 e. The Morgan fingerprint density at radius 1 is 0.560 bits per heavy atom. The molecule has 3 heteroatoms. The van der Waals surface area contributed by atoms with Gasteiger partial charge in [-0.05, 0) is 0 Å². The summed E-state index contributed by atoms with van der Waals surface area (Å²) in [6, 6.07) is 42.0. The molecule has 0 heterocycles. The molecule has 4 rings (SSSR count). The normalized spacial score (nSPS) is 7.12. The maximum Gasteiger partial charge on any atom is 0 e. The topological polar surface area (TPSA) is 0 Å². The van der Waals surface area contributed by atoms with E-state index in [1.165, 1.54) is 0 Å². The maximum absolute atomic E-state index is 2.62. The molecule has 0 spiro atoms. The van der Waals surface area contributed by atoms with Crippen LogP contribution in [0.25, 0.3) is 0 Å². The first-order valence-corrected chi connectivity index (χ1v) is 13.0. The van der Waals surface area contributed by atoms with E-state index in [0.29, 0.717) is 0 Å². The van der Waals surface area contributed by atoms with Crippen LogP contribution in [0, 0.1) is 24.3 Å². The first-order chi connectivity index (χ1) is 11.4. The van der Waals surface area contributed by atoms with Gasteiger partial charge in [-0.3, -0.25) is 0 Å². The molecule has 138 valence electrons. The predicted octanol–water partition coefficient (Wildman–Crippen LogP) is 5.60. The molecule has 0 atom stereocenters. The third-order valence-electron chi connectivity index (χ3n) is 2.02. The maximum atomic E-state index is 2.62. The largest absolute Gasteiger partial charge is 0.999 e. The van der Waals surface area contributed by atoms with Gasteiger partial charge in [0.25, 0.3) is 0 Å². The Hall–Kier alpha value is -0.762. The van der Waals surface area contributed by atoms with Crippen molar-refractivity contribution in [2.24, 2.45) is 0 Å². The van der Waals surface area contributed by atoms with E-state index in [1.807, 2.05) is 91.0 Å². The molecular formula is C22H22Fe2Sn-8. The Bertz CT molecular complexity index is 361. The van der Waals surface area contributed by atoms with Gasteiger partial charge in [0.15, 0.2) is 0 Å². The van der Waals surface area contributed by atoms with Crippen molar-refractivity contribution >= 4 is 21.1 Å². The molecular weight excluding hydrogens is 495 g/mol. The van der Waals surface area contributed by atoms with Crippen molar-refractivity contribution in [3.63, 3.8) is 0 Å². The van der Waals surface area contributed by atoms with E-state index in [1.54, 1.807) is 6.07 Å². The zero-order valence-corrected chi connectivity index (χ0v) is 19.5. The SMILES string of the molecule is [CH3][Sn][CH3].[Fe].[Fe].[c-]1[c-][c-][cH-][c-]1.c1cc[cH-]c1.c1cc[cH-]c1.c1cc[cH-]c1. The van der Waals surface area contributed by atoms with Crippen molar-refractivity contribution in [2.75, 3.05) is 0 Å². The fraction of sp³-hybridized carbons (Fsp3) is 0.0909. The summed E-state index contributed by atoms with van der Waals surface area (Å²) in [5, 5.41) is 0. The number of hydrogen-bond acceptors (Lipinski definition) is 0. The van der Waals surface area contributed by atoms with Crippen molar-refractivity contribution < 1.29 is 34.1 Å². The van der Waals surface area contributed by atoms with E-state index in [0.717, 1.165) is 0 Å². The molecule has 0 aromatic heterocycles. The summed E-state index contributed by atoms with van der Waals surface area (Å²) in [6.07, 6.45) is 0. The van der Waals surface area contributed by atoms with Crippen LogP contribution >= 0.6 is 0 Å². The van der Waals surface area contributed by atoms with Crippen LogP contribution in [0.2, 0.25) is 9.88 Å². The second-order valence-electron chi connectivity index (χ2n) is 4.07. The van der Waals surface area contributed by atoms with Gasteiger partial charge in [-0.25, -0.2) is 36.4 Å². The third-order valence-corrected chi connectivity index (χ3v) is 2.02. The van der Waals surface area contributed by atoms with E-state index in [9.17, 15) is 0 Å². The van der Waals surface area contributed by atoms with Gasteiger partial charge in [0.1, 0.15) is 0 Å². The molecule has 0 fully saturated rings. The van der Waals surface area contributed by atoms with Crippen LogP contribution < -0.4 is 0 Å². The van der Waals surface area contributed by atoms with Crippen LogP contribution in [0.3, 0.4) is 0 Å². The molecule has 2 radical (unpaired) electrons. The van der Waals surface area contributed by atoms with Crippen molar-refractivity contribution in [2.45, 2.75) is 9.88 Å². The van der Waals surface area contributed by atoms with Crippen molar-refractivity contribution in [3.8, 4) is 0 Å². The summed E-state index contributed by atoms with van der Waals surface area (Å²) in [5.41, 5.74) is 0. The molecule has 25 heavy (non-hydrogen) atoms. The van der Waals surface area contributed by atoms with Crippen molar-refractivity contribution in [1.29, 1.82) is 0 Å². The molecule has 0 aliphatic heterocycles. The van der Waals surface area contributed by atoms with E-state index < -0.39 is 0 Å². The average molecular weight is 517 g/mol. The third kappa shape index (κ3) is 28.3. The molecule has 0 saturated carbocycles. The molecule has 4 aromatic carbocycles. The Morgan fingerprint density at radius 2 is 0.800 bits per heavy atom. The standard InChI is InChI=1S/3C5H5.C5H.2CH3.2Fe.Sn/c4*1-2-4-5-3-1;;;;;/h3*1-5H;1H;2*1H3;;;/q3*-1;-5;;;;;. The second-order valence-corrected chi connectivity index (χ2v) is 6.92. The fourth-order valence-electron chi connectivity index (χ4n) is 1.14. The number of rotatable bonds is 0. The van der Waals surface area contributed by atoms with Gasteiger partial charge < -0.3 is 30.3 Å². The Kier molecular flexibility index (Phi) is 32.6. The second kappa shape index (κ2) is 28.1. The Morgan fingerprint density at radius 3 is 0.880 bits per heavy atom. The summed E-state index contributed by atoms with van der Waals surface area (Å²) in [5.74, 6) is 0. The summed E-state index contributed by atoms with van der Waals surface area (Å²) in [4.78, 5) is 4.59. The first-order valence-electron chi connectivity index (χ1n) is 7.33.